The minimum Gasteiger partial charge on any atom is -0.326 e. The average Bonchev–Trinajstić information content (AvgIpc) is 3.22. The summed E-state index contributed by atoms with van der Waals surface area (Å²) in [6.07, 6.45) is 0.802. The Balaban J connectivity index is 1.66. The van der Waals surface area contributed by atoms with Gasteiger partial charge in [0.25, 0.3) is 0 Å². The van der Waals surface area contributed by atoms with E-state index >= 15 is 0 Å². The first kappa shape index (κ1) is 13.1. The number of carbonyl (C=O) groups excluding carboxylic acids is 1. The van der Waals surface area contributed by atoms with E-state index in [1.807, 2.05) is 24.3 Å². The van der Waals surface area contributed by atoms with Gasteiger partial charge in [-0.25, -0.2) is 4.39 Å². The molecule has 20 heavy (non-hydrogen) atoms. The number of benzene rings is 2. The number of nitrogens with one attached hydrogen (secondary N) is 1. The van der Waals surface area contributed by atoms with Crippen LogP contribution < -0.4 is 5.32 Å². The van der Waals surface area contributed by atoms with E-state index in [1.165, 1.54) is 12.1 Å². The van der Waals surface area contributed by atoms with Gasteiger partial charge < -0.3 is 5.32 Å². The fraction of sp³-hybridized carbons (Fsp3) is 0.188. The Bertz CT molecular complexity index is 641. The predicted molar refractivity (Wildman–Crippen MR) is 77.3 cm³/mol. The lowest BCUT2D eigenvalue weighted by molar-refractivity contribution is -0.117. The molecule has 1 N–H and O–H groups in total. The molecule has 1 aliphatic carbocycles. The maximum atomic E-state index is 12.8. The third-order valence-corrected chi connectivity index (χ3v) is 3.89. The van der Waals surface area contributed by atoms with Crippen molar-refractivity contribution in [1.82, 2.24) is 0 Å². The summed E-state index contributed by atoms with van der Waals surface area (Å²) in [6, 6.07) is 13.4. The van der Waals surface area contributed by atoms with Gasteiger partial charge in [0.05, 0.1) is 0 Å². The number of rotatable bonds is 3. The average molecular weight is 290 g/mol. The molecular weight excluding hydrogens is 277 g/mol. The molecule has 0 saturated heterocycles. The first-order chi connectivity index (χ1) is 9.65. The van der Waals surface area contributed by atoms with Gasteiger partial charge in [0, 0.05) is 16.6 Å². The minimum absolute atomic E-state index is 0.0403. The van der Waals surface area contributed by atoms with E-state index in [1.54, 1.807) is 12.1 Å². The van der Waals surface area contributed by atoms with Crippen molar-refractivity contribution in [3.8, 4) is 0 Å². The summed E-state index contributed by atoms with van der Waals surface area (Å²) in [6.45, 7) is 0. The summed E-state index contributed by atoms with van der Waals surface area (Å²) in [7, 11) is 0. The van der Waals surface area contributed by atoms with Crippen molar-refractivity contribution in [3.05, 3.63) is 64.9 Å². The van der Waals surface area contributed by atoms with Gasteiger partial charge in [0.1, 0.15) is 5.82 Å². The second-order valence-corrected chi connectivity index (χ2v) is 5.37. The summed E-state index contributed by atoms with van der Waals surface area (Å²) in [4.78, 5) is 12.1. The van der Waals surface area contributed by atoms with Crippen LogP contribution in [0, 0.1) is 11.7 Å². The topological polar surface area (TPSA) is 29.1 Å². The zero-order valence-corrected chi connectivity index (χ0v) is 11.4. The Labute approximate surface area is 121 Å². The Morgan fingerprint density at radius 2 is 1.85 bits per heavy atom. The Kier molecular flexibility index (Phi) is 3.45. The van der Waals surface area contributed by atoms with Crippen LogP contribution in [0.1, 0.15) is 17.9 Å². The maximum absolute atomic E-state index is 12.8. The molecule has 4 heteroatoms. The van der Waals surface area contributed by atoms with Crippen LogP contribution in [0.3, 0.4) is 0 Å². The molecule has 1 amide bonds. The van der Waals surface area contributed by atoms with E-state index < -0.39 is 0 Å². The number of hydrogen-bond donors (Lipinski definition) is 1. The molecule has 3 rings (SSSR count). The fourth-order valence-electron chi connectivity index (χ4n) is 2.37. The standard InChI is InChI=1S/C16H13ClFNO/c17-15-4-2-1-3-12(15)13-9-14(13)16(20)19-11-7-5-10(18)6-8-11/h1-8,13-14H,9H2,(H,19,20). The van der Waals surface area contributed by atoms with Gasteiger partial charge >= 0.3 is 0 Å². The third kappa shape index (κ3) is 2.68. The zero-order valence-electron chi connectivity index (χ0n) is 10.6. The molecular formula is C16H13ClFNO. The van der Waals surface area contributed by atoms with E-state index in [0.29, 0.717) is 10.7 Å². The minimum atomic E-state index is -0.316. The number of carbonyl (C=O) groups is 1. The molecule has 0 aromatic heterocycles. The molecule has 1 aliphatic rings. The molecule has 102 valence electrons. The van der Waals surface area contributed by atoms with Crippen LogP contribution in [0.4, 0.5) is 10.1 Å². The van der Waals surface area contributed by atoms with Gasteiger partial charge in [-0.3, -0.25) is 4.79 Å². The number of hydrogen-bond acceptors (Lipinski definition) is 1. The highest BCUT2D eigenvalue weighted by Gasteiger charge is 2.44. The third-order valence-electron chi connectivity index (χ3n) is 3.54. The van der Waals surface area contributed by atoms with Crippen molar-refractivity contribution in [1.29, 1.82) is 0 Å². The highest BCUT2D eigenvalue weighted by Crippen LogP contribution is 2.49. The SMILES string of the molecule is O=C(Nc1ccc(F)cc1)C1CC1c1ccccc1Cl. The molecule has 0 aliphatic heterocycles. The van der Waals surface area contributed by atoms with Crippen LogP contribution in [0.5, 0.6) is 0 Å². The quantitative estimate of drug-likeness (QED) is 0.900. The van der Waals surface area contributed by atoms with Crippen LogP contribution in [0.15, 0.2) is 48.5 Å². The molecule has 2 aromatic rings. The van der Waals surface area contributed by atoms with Crippen molar-refractivity contribution < 1.29 is 9.18 Å². The second-order valence-electron chi connectivity index (χ2n) is 4.97. The lowest BCUT2D eigenvalue weighted by Gasteiger charge is -2.06. The highest BCUT2D eigenvalue weighted by atomic mass is 35.5. The van der Waals surface area contributed by atoms with E-state index in [4.69, 9.17) is 11.6 Å². The van der Waals surface area contributed by atoms with Crippen LogP contribution >= 0.6 is 11.6 Å². The molecule has 0 radical (unpaired) electrons. The van der Waals surface area contributed by atoms with Crippen LogP contribution in [-0.2, 0) is 4.79 Å². The van der Waals surface area contributed by atoms with Crippen molar-refractivity contribution in [2.24, 2.45) is 5.92 Å². The summed E-state index contributed by atoms with van der Waals surface area (Å²) >= 11 is 6.13. The van der Waals surface area contributed by atoms with Gasteiger partial charge in [0.2, 0.25) is 5.91 Å². The summed E-state index contributed by atoms with van der Waals surface area (Å²) in [5.41, 5.74) is 1.63. The van der Waals surface area contributed by atoms with Crippen molar-refractivity contribution in [2.45, 2.75) is 12.3 Å². The first-order valence-corrected chi connectivity index (χ1v) is 6.84. The highest BCUT2D eigenvalue weighted by molar-refractivity contribution is 6.31. The second kappa shape index (κ2) is 5.25. The largest absolute Gasteiger partial charge is 0.326 e. The van der Waals surface area contributed by atoms with E-state index in [2.05, 4.69) is 5.32 Å². The Morgan fingerprint density at radius 1 is 1.15 bits per heavy atom. The Morgan fingerprint density at radius 3 is 2.55 bits per heavy atom. The zero-order chi connectivity index (χ0) is 14.1. The molecule has 2 unspecified atom stereocenters. The van der Waals surface area contributed by atoms with Crippen molar-refractivity contribution in [2.75, 3.05) is 5.32 Å². The number of anilines is 1. The van der Waals surface area contributed by atoms with Crippen molar-refractivity contribution in [3.63, 3.8) is 0 Å². The maximum Gasteiger partial charge on any atom is 0.228 e. The van der Waals surface area contributed by atoms with Crippen LogP contribution in [0.2, 0.25) is 5.02 Å². The molecule has 0 heterocycles. The van der Waals surface area contributed by atoms with Gasteiger partial charge in [-0.1, -0.05) is 29.8 Å². The lowest BCUT2D eigenvalue weighted by Crippen LogP contribution is -2.14. The molecule has 0 spiro atoms. The smallest absolute Gasteiger partial charge is 0.228 e. The summed E-state index contributed by atoms with van der Waals surface area (Å²) in [5.74, 6) is -0.228. The molecule has 2 atom stereocenters. The molecule has 2 aromatic carbocycles. The lowest BCUT2D eigenvalue weighted by atomic mass is 10.1. The van der Waals surface area contributed by atoms with Gasteiger partial charge in [-0.2, -0.15) is 0 Å². The van der Waals surface area contributed by atoms with Crippen molar-refractivity contribution >= 4 is 23.2 Å². The molecule has 0 bridgehead atoms. The van der Waals surface area contributed by atoms with Gasteiger partial charge in [0.15, 0.2) is 0 Å². The molecule has 1 fully saturated rings. The normalized spacial score (nSPS) is 20.5. The molecule has 1 saturated carbocycles. The van der Waals surface area contributed by atoms with E-state index in [0.717, 1.165) is 12.0 Å². The monoisotopic (exact) mass is 289 g/mol. The van der Waals surface area contributed by atoms with Crippen LogP contribution in [-0.4, -0.2) is 5.91 Å². The summed E-state index contributed by atoms with van der Waals surface area (Å²) < 4.78 is 12.8. The van der Waals surface area contributed by atoms with Gasteiger partial charge in [-0.15, -0.1) is 0 Å². The molecule has 2 nitrogen and oxygen atoms in total. The Hall–Kier alpha value is -1.87. The first-order valence-electron chi connectivity index (χ1n) is 6.46. The predicted octanol–water partition coefficient (Wildman–Crippen LogP) is 4.22. The van der Waals surface area contributed by atoms with E-state index in [9.17, 15) is 9.18 Å². The number of halogens is 2. The van der Waals surface area contributed by atoms with Crippen LogP contribution in [0.25, 0.3) is 0 Å². The summed E-state index contributed by atoms with van der Waals surface area (Å²) in [5, 5.41) is 3.50. The van der Waals surface area contributed by atoms with Gasteiger partial charge in [-0.05, 0) is 48.2 Å². The van der Waals surface area contributed by atoms with E-state index in [-0.39, 0.29) is 23.6 Å². The fourth-order valence-corrected chi connectivity index (χ4v) is 2.65. The number of amides is 1.